The number of carbonyl (C=O) groups is 3. The molecule has 2 rings (SSSR count). The zero-order valence-electron chi connectivity index (χ0n) is 26.6. The molecule has 5 N–H and O–H groups in total. The number of benzene rings is 1. The van der Waals surface area contributed by atoms with Gasteiger partial charge < -0.3 is 30.9 Å². The normalized spacial score (nSPS) is 14.7. The van der Waals surface area contributed by atoms with E-state index < -0.39 is 59.7 Å². The fraction of sp³-hybridized carbons (Fsp3) is 0.576. The third kappa shape index (κ3) is 13.2. The molecule has 1 heterocycles. The van der Waals surface area contributed by atoms with Gasteiger partial charge in [0.2, 0.25) is 11.8 Å². The van der Waals surface area contributed by atoms with Gasteiger partial charge in [0.15, 0.2) is 0 Å². The molecule has 0 radical (unpaired) electrons. The van der Waals surface area contributed by atoms with Crippen molar-refractivity contribution in [3.05, 3.63) is 65.5 Å². The Morgan fingerprint density at radius 3 is 2.09 bits per heavy atom. The topological polar surface area (TPSA) is 150 Å². The summed E-state index contributed by atoms with van der Waals surface area (Å²) >= 11 is 0. The zero-order valence-corrected chi connectivity index (χ0v) is 26.6. The molecule has 2 aromatic rings. The van der Waals surface area contributed by atoms with E-state index in [1.165, 1.54) is 26.4 Å². The van der Waals surface area contributed by atoms with Crippen molar-refractivity contribution in [2.75, 3.05) is 13.7 Å². The van der Waals surface area contributed by atoms with Crippen LogP contribution in [0, 0.1) is 17.6 Å². The first-order valence-corrected chi connectivity index (χ1v) is 15.6. The number of aliphatic hydroxyl groups excluding tert-OH is 2. The quantitative estimate of drug-likeness (QED) is 0.150. The van der Waals surface area contributed by atoms with Gasteiger partial charge in [-0.2, -0.15) is 0 Å². The lowest BCUT2D eigenvalue weighted by Crippen LogP contribution is -2.59. The van der Waals surface area contributed by atoms with Crippen LogP contribution in [-0.4, -0.2) is 77.0 Å². The van der Waals surface area contributed by atoms with Gasteiger partial charge >= 0.3 is 0 Å². The molecule has 250 valence electrons. The van der Waals surface area contributed by atoms with E-state index in [2.05, 4.69) is 34.8 Å². The number of pyridine rings is 1. The molecule has 0 spiro atoms. The van der Waals surface area contributed by atoms with Gasteiger partial charge in [-0.25, -0.2) is 8.78 Å². The molecule has 12 heteroatoms. The molecule has 45 heavy (non-hydrogen) atoms. The number of aromatic nitrogens is 1. The number of halogens is 2. The highest BCUT2D eigenvalue weighted by Crippen LogP contribution is 2.21. The minimum Gasteiger partial charge on any atom is -0.388 e. The van der Waals surface area contributed by atoms with Gasteiger partial charge in [0.05, 0.1) is 17.6 Å². The third-order valence-electron chi connectivity index (χ3n) is 7.70. The third-order valence-corrected chi connectivity index (χ3v) is 7.70. The van der Waals surface area contributed by atoms with Crippen molar-refractivity contribution >= 4 is 17.7 Å². The molecule has 0 bridgehead atoms. The summed E-state index contributed by atoms with van der Waals surface area (Å²) in [7, 11) is 1.45. The van der Waals surface area contributed by atoms with Crippen molar-refractivity contribution in [3.8, 4) is 0 Å². The molecule has 0 saturated carbocycles. The maximum atomic E-state index is 14.1. The highest BCUT2D eigenvalue weighted by Gasteiger charge is 2.35. The average Bonchev–Trinajstić information content (AvgIpc) is 2.99. The number of hydrogen-bond acceptors (Lipinski definition) is 7. The Morgan fingerprint density at radius 1 is 0.889 bits per heavy atom. The van der Waals surface area contributed by atoms with E-state index in [-0.39, 0.29) is 30.6 Å². The van der Waals surface area contributed by atoms with Crippen LogP contribution in [-0.2, 0) is 20.7 Å². The summed E-state index contributed by atoms with van der Waals surface area (Å²) in [5.41, 5.74) is 0.381. The smallest absolute Gasteiger partial charge is 0.253 e. The predicted molar refractivity (Wildman–Crippen MR) is 166 cm³/mol. The molecule has 0 fully saturated rings. The van der Waals surface area contributed by atoms with Crippen molar-refractivity contribution in [3.63, 3.8) is 0 Å². The summed E-state index contributed by atoms with van der Waals surface area (Å²) < 4.78 is 33.3. The molecule has 1 aromatic heterocycles. The summed E-state index contributed by atoms with van der Waals surface area (Å²) in [4.78, 5) is 42.7. The summed E-state index contributed by atoms with van der Waals surface area (Å²) in [5, 5.41) is 30.6. The first-order chi connectivity index (χ1) is 21.5. The molecule has 0 aliphatic carbocycles. The minimum absolute atomic E-state index is 0.124. The van der Waals surface area contributed by atoms with E-state index in [1.54, 1.807) is 12.1 Å². The van der Waals surface area contributed by atoms with E-state index in [4.69, 9.17) is 4.74 Å². The fourth-order valence-electron chi connectivity index (χ4n) is 5.49. The highest BCUT2D eigenvalue weighted by atomic mass is 19.1. The summed E-state index contributed by atoms with van der Waals surface area (Å²) in [6, 6.07) is 2.77. The summed E-state index contributed by atoms with van der Waals surface area (Å²) in [5.74, 6) is -2.97. The molecule has 5 atom stereocenters. The molecule has 0 aliphatic heterocycles. The molecule has 1 aromatic carbocycles. The van der Waals surface area contributed by atoms with Gasteiger partial charge in [0, 0.05) is 39.1 Å². The number of nitrogens with one attached hydrogen (secondary N) is 3. The Labute approximate surface area is 264 Å². The second-order valence-electron chi connectivity index (χ2n) is 11.5. The molecule has 10 nitrogen and oxygen atoms in total. The standard InChI is InChI=1S/C33H48F2N4O6/c1-5-8-22(9-6-2)11-12-28(38-32(43)24-10-7-14-36-20-24)33(44)39-29(18-23-16-25(34)19-26(35)17-23)31(42)30(41)27(13-15-45-4)37-21(3)40/h7,10,14,16-17,19-20,22,27-31,41-42H,5-6,8-9,11-13,15,18H2,1-4H3,(H,37,40)(H,38,43)(H,39,44)/t27-,28-,29+,30-,31-/m1/s1. The number of aliphatic hydroxyl groups is 2. The van der Waals surface area contributed by atoms with E-state index in [0.29, 0.717) is 24.8 Å². The molecule has 0 unspecified atom stereocenters. The number of hydrogen-bond donors (Lipinski definition) is 5. The fourth-order valence-corrected chi connectivity index (χ4v) is 5.49. The Bertz CT molecular complexity index is 1180. The maximum absolute atomic E-state index is 14.1. The van der Waals surface area contributed by atoms with Gasteiger partial charge in [-0.3, -0.25) is 19.4 Å². The Balaban J connectivity index is 2.41. The van der Waals surface area contributed by atoms with Gasteiger partial charge in [0.1, 0.15) is 29.9 Å². The second-order valence-corrected chi connectivity index (χ2v) is 11.5. The Hall–Kier alpha value is -3.48. The number of amides is 3. The number of carbonyl (C=O) groups excluding carboxylic acids is 3. The van der Waals surface area contributed by atoms with Crippen LogP contribution in [0.1, 0.15) is 81.6 Å². The highest BCUT2D eigenvalue weighted by molar-refractivity contribution is 5.97. The van der Waals surface area contributed by atoms with E-state index in [9.17, 15) is 33.4 Å². The van der Waals surface area contributed by atoms with Crippen LogP contribution in [0.4, 0.5) is 8.78 Å². The average molecular weight is 635 g/mol. The maximum Gasteiger partial charge on any atom is 0.253 e. The van der Waals surface area contributed by atoms with Crippen molar-refractivity contribution in [1.29, 1.82) is 0 Å². The minimum atomic E-state index is -1.68. The van der Waals surface area contributed by atoms with Crippen LogP contribution in [0.25, 0.3) is 0 Å². The molecule has 0 saturated heterocycles. The molecule has 3 amide bonds. The predicted octanol–water partition coefficient (Wildman–Crippen LogP) is 3.45. The van der Waals surface area contributed by atoms with Crippen LogP contribution < -0.4 is 16.0 Å². The van der Waals surface area contributed by atoms with Crippen LogP contribution in [0.3, 0.4) is 0 Å². The lowest BCUT2D eigenvalue weighted by molar-refractivity contribution is -0.127. The van der Waals surface area contributed by atoms with E-state index >= 15 is 0 Å². The Morgan fingerprint density at radius 2 is 1.53 bits per heavy atom. The van der Waals surface area contributed by atoms with Crippen molar-refractivity contribution in [2.24, 2.45) is 5.92 Å². The number of methoxy groups -OCH3 is 1. The summed E-state index contributed by atoms with van der Waals surface area (Å²) in [6.07, 6.45) is 4.33. The lowest BCUT2D eigenvalue weighted by Gasteiger charge is -2.33. The van der Waals surface area contributed by atoms with Crippen LogP contribution in [0.2, 0.25) is 0 Å². The monoisotopic (exact) mass is 634 g/mol. The van der Waals surface area contributed by atoms with Crippen molar-refractivity contribution < 1.29 is 38.1 Å². The summed E-state index contributed by atoms with van der Waals surface area (Å²) in [6.45, 7) is 5.59. The number of rotatable bonds is 20. The largest absolute Gasteiger partial charge is 0.388 e. The lowest BCUT2D eigenvalue weighted by atomic mass is 9.90. The number of nitrogens with zero attached hydrogens (tertiary/aromatic N) is 1. The van der Waals surface area contributed by atoms with Crippen LogP contribution >= 0.6 is 0 Å². The molecular formula is C33H48F2N4O6. The number of ether oxygens (including phenoxy) is 1. The zero-order chi connectivity index (χ0) is 33.4. The Kier molecular flexibility index (Phi) is 16.6. The van der Waals surface area contributed by atoms with Crippen molar-refractivity contribution in [2.45, 2.75) is 102 Å². The SMILES string of the molecule is CCCC(CCC)CC[C@@H](NC(=O)c1cccnc1)C(=O)N[C@@H](Cc1cc(F)cc(F)c1)[C@@H](O)[C@H](O)[C@@H](CCOC)NC(C)=O. The first kappa shape index (κ1) is 37.7. The first-order valence-electron chi connectivity index (χ1n) is 15.6. The van der Waals surface area contributed by atoms with E-state index in [0.717, 1.165) is 37.8 Å². The molecule has 0 aliphatic rings. The van der Waals surface area contributed by atoms with Crippen molar-refractivity contribution in [1.82, 2.24) is 20.9 Å². The van der Waals surface area contributed by atoms with Gasteiger partial charge in [-0.15, -0.1) is 0 Å². The van der Waals surface area contributed by atoms with Gasteiger partial charge in [-0.1, -0.05) is 39.5 Å². The van der Waals surface area contributed by atoms with E-state index in [1.807, 2.05) is 0 Å². The second kappa shape index (κ2) is 19.8. The van der Waals surface area contributed by atoms with Crippen LogP contribution in [0.5, 0.6) is 0 Å². The van der Waals surface area contributed by atoms with Gasteiger partial charge in [0.25, 0.3) is 5.91 Å². The van der Waals surface area contributed by atoms with Crippen LogP contribution in [0.15, 0.2) is 42.7 Å². The molecular weight excluding hydrogens is 586 g/mol. The van der Waals surface area contributed by atoms with Gasteiger partial charge in [-0.05, 0) is 61.4 Å².